The van der Waals surface area contributed by atoms with Gasteiger partial charge in [0.25, 0.3) is 5.91 Å². The number of ether oxygens (including phenoxy) is 1. The molecular formula is C19H19F2NO5. The summed E-state index contributed by atoms with van der Waals surface area (Å²) in [6.07, 6.45) is -1.46. The molecule has 2 aromatic rings. The number of carbonyl (C=O) groups is 1. The largest absolute Gasteiger partial charge is 0.487 e. The van der Waals surface area contributed by atoms with Crippen molar-refractivity contribution in [2.75, 3.05) is 13.1 Å². The Labute approximate surface area is 154 Å². The van der Waals surface area contributed by atoms with Gasteiger partial charge in [0.2, 0.25) is 0 Å². The summed E-state index contributed by atoms with van der Waals surface area (Å²) in [5.74, 6) is -1.71. The number of rotatable bonds is 3. The number of aryl methyl sites for hydroxylation is 2. The van der Waals surface area contributed by atoms with Crippen molar-refractivity contribution in [1.29, 1.82) is 0 Å². The molecule has 6 nitrogen and oxygen atoms in total. The Balaban J connectivity index is 1.71. The van der Waals surface area contributed by atoms with Crippen LogP contribution in [0.3, 0.4) is 0 Å². The van der Waals surface area contributed by atoms with Crippen LogP contribution < -0.4 is 10.4 Å². The van der Waals surface area contributed by atoms with Crippen LogP contribution in [0.25, 0.3) is 0 Å². The second-order valence-electron chi connectivity index (χ2n) is 6.55. The van der Waals surface area contributed by atoms with Crippen LogP contribution in [0.15, 0.2) is 33.5 Å². The van der Waals surface area contributed by atoms with Crippen LogP contribution >= 0.6 is 0 Å². The van der Waals surface area contributed by atoms with E-state index < -0.39 is 29.5 Å². The van der Waals surface area contributed by atoms with Crippen molar-refractivity contribution in [2.24, 2.45) is 0 Å². The number of aliphatic hydroxyl groups excluding tert-OH is 1. The molecule has 1 saturated heterocycles. The maximum Gasteiger partial charge on any atom is 0.336 e. The van der Waals surface area contributed by atoms with E-state index in [-0.39, 0.29) is 42.5 Å². The molecule has 3 rings (SSSR count). The molecule has 8 heteroatoms. The van der Waals surface area contributed by atoms with Crippen LogP contribution in [-0.4, -0.2) is 41.2 Å². The zero-order valence-electron chi connectivity index (χ0n) is 14.9. The van der Waals surface area contributed by atoms with E-state index in [1.807, 2.05) is 0 Å². The summed E-state index contributed by atoms with van der Waals surface area (Å²) in [7, 11) is 0. The van der Waals surface area contributed by atoms with Gasteiger partial charge in [0, 0.05) is 37.2 Å². The minimum atomic E-state index is -1.04. The van der Waals surface area contributed by atoms with Crippen molar-refractivity contribution >= 4 is 5.91 Å². The number of aliphatic hydroxyl groups is 1. The van der Waals surface area contributed by atoms with Crippen LogP contribution in [-0.2, 0) is 0 Å². The molecule has 2 heterocycles. The molecule has 1 aliphatic heterocycles. The number of benzene rings is 1. The van der Waals surface area contributed by atoms with Gasteiger partial charge < -0.3 is 19.2 Å². The highest BCUT2D eigenvalue weighted by Gasteiger charge is 2.33. The number of piperidine rings is 1. The van der Waals surface area contributed by atoms with Crippen LogP contribution in [0.2, 0.25) is 0 Å². The fourth-order valence-electron chi connectivity index (χ4n) is 3.24. The number of hydrogen-bond acceptors (Lipinski definition) is 5. The van der Waals surface area contributed by atoms with E-state index in [1.165, 1.54) is 17.9 Å². The fraction of sp³-hybridized carbons (Fsp3) is 0.368. The van der Waals surface area contributed by atoms with Gasteiger partial charge in [-0.3, -0.25) is 4.79 Å². The Hall–Kier alpha value is -2.74. The highest BCUT2D eigenvalue weighted by Crippen LogP contribution is 2.23. The third-order valence-electron chi connectivity index (χ3n) is 4.48. The van der Waals surface area contributed by atoms with Crippen LogP contribution in [0, 0.1) is 25.5 Å². The normalized spacial score (nSPS) is 19.8. The van der Waals surface area contributed by atoms with Gasteiger partial charge in [-0.2, -0.15) is 0 Å². The van der Waals surface area contributed by atoms with Gasteiger partial charge in [0.1, 0.15) is 35.4 Å². The average Bonchev–Trinajstić information content (AvgIpc) is 2.54. The molecule has 2 atom stereocenters. The monoisotopic (exact) mass is 379 g/mol. The molecule has 1 N–H and O–H groups in total. The summed E-state index contributed by atoms with van der Waals surface area (Å²) in [4.78, 5) is 25.6. The summed E-state index contributed by atoms with van der Waals surface area (Å²) in [6, 6.07) is 4.04. The Morgan fingerprint density at radius 3 is 2.48 bits per heavy atom. The SMILES string of the molecule is Cc1cc(=O)oc(C)c1C(=O)N1CC[C@@H](Oc2cc(F)cc(F)c2)[C@H](O)C1. The number of likely N-dealkylation sites (tertiary alicyclic amines) is 1. The first-order chi connectivity index (χ1) is 12.7. The number of nitrogens with zero attached hydrogens (tertiary/aromatic N) is 1. The summed E-state index contributed by atoms with van der Waals surface area (Å²) in [5, 5.41) is 10.3. The quantitative estimate of drug-likeness (QED) is 0.884. The molecule has 1 aromatic carbocycles. The highest BCUT2D eigenvalue weighted by molar-refractivity contribution is 5.96. The number of carbonyl (C=O) groups excluding carboxylic acids is 1. The third-order valence-corrected chi connectivity index (χ3v) is 4.48. The number of hydrogen-bond donors (Lipinski definition) is 1. The maximum absolute atomic E-state index is 13.3. The number of amides is 1. The predicted molar refractivity (Wildman–Crippen MR) is 91.8 cm³/mol. The standard InChI is InChI=1S/C19H19F2NO5/c1-10-5-17(24)26-11(2)18(10)19(25)22-4-3-16(15(23)9-22)27-14-7-12(20)6-13(21)8-14/h5-8,15-16,23H,3-4,9H2,1-2H3/t15-,16-/m1/s1. The Morgan fingerprint density at radius 2 is 1.89 bits per heavy atom. The first kappa shape index (κ1) is 19.0. The maximum atomic E-state index is 13.3. The molecule has 144 valence electrons. The smallest absolute Gasteiger partial charge is 0.336 e. The summed E-state index contributed by atoms with van der Waals surface area (Å²) in [6.45, 7) is 3.43. The second kappa shape index (κ2) is 7.48. The van der Waals surface area contributed by atoms with E-state index in [4.69, 9.17) is 9.15 Å². The molecule has 27 heavy (non-hydrogen) atoms. The van der Waals surface area contributed by atoms with Gasteiger partial charge in [0.15, 0.2) is 0 Å². The van der Waals surface area contributed by atoms with Crippen LogP contribution in [0.4, 0.5) is 8.78 Å². The van der Waals surface area contributed by atoms with E-state index >= 15 is 0 Å². The van der Waals surface area contributed by atoms with E-state index in [0.29, 0.717) is 5.56 Å². The molecule has 0 aliphatic carbocycles. The molecule has 1 aromatic heterocycles. The zero-order chi connectivity index (χ0) is 19.7. The number of β-amino-alcohol motifs (C(OH)–C–C–N with tert-alkyl or cyclic N) is 1. The fourth-order valence-corrected chi connectivity index (χ4v) is 3.24. The first-order valence-corrected chi connectivity index (χ1v) is 8.46. The van der Waals surface area contributed by atoms with Crippen LogP contribution in [0.5, 0.6) is 5.75 Å². The zero-order valence-corrected chi connectivity index (χ0v) is 14.9. The lowest BCUT2D eigenvalue weighted by atomic mass is 10.0. The summed E-state index contributed by atoms with van der Waals surface area (Å²) >= 11 is 0. The summed E-state index contributed by atoms with van der Waals surface area (Å²) < 4.78 is 37.0. The molecule has 1 aliphatic rings. The summed E-state index contributed by atoms with van der Waals surface area (Å²) in [5.41, 5.74) is 0.251. The lowest BCUT2D eigenvalue weighted by Gasteiger charge is -2.36. The van der Waals surface area contributed by atoms with Crippen molar-refractivity contribution in [1.82, 2.24) is 4.90 Å². The Kier molecular flexibility index (Phi) is 5.27. The van der Waals surface area contributed by atoms with E-state index in [2.05, 4.69) is 0 Å². The molecule has 0 spiro atoms. The third kappa shape index (κ3) is 4.16. The van der Waals surface area contributed by atoms with Crippen molar-refractivity contribution < 1.29 is 27.8 Å². The second-order valence-corrected chi connectivity index (χ2v) is 6.55. The Bertz CT molecular complexity index is 880. The van der Waals surface area contributed by atoms with Gasteiger partial charge in [0.05, 0.1) is 12.1 Å². The van der Waals surface area contributed by atoms with Crippen LogP contribution in [0.1, 0.15) is 28.1 Å². The minimum absolute atomic E-state index is 0.0146. The molecule has 0 unspecified atom stereocenters. The lowest BCUT2D eigenvalue weighted by molar-refractivity contribution is -0.0202. The number of halogens is 2. The molecule has 0 saturated carbocycles. The van der Waals surface area contributed by atoms with Gasteiger partial charge >= 0.3 is 5.63 Å². The predicted octanol–water partition coefficient (Wildman–Crippen LogP) is 2.19. The van der Waals surface area contributed by atoms with Crippen molar-refractivity contribution in [3.8, 4) is 5.75 Å². The molecule has 1 fully saturated rings. The lowest BCUT2D eigenvalue weighted by Crippen LogP contribution is -2.51. The minimum Gasteiger partial charge on any atom is -0.487 e. The van der Waals surface area contributed by atoms with Crippen molar-refractivity contribution in [3.63, 3.8) is 0 Å². The van der Waals surface area contributed by atoms with E-state index in [9.17, 15) is 23.5 Å². The topological polar surface area (TPSA) is 80.0 Å². The van der Waals surface area contributed by atoms with E-state index in [1.54, 1.807) is 6.92 Å². The van der Waals surface area contributed by atoms with Gasteiger partial charge in [-0.05, 0) is 19.4 Å². The highest BCUT2D eigenvalue weighted by atomic mass is 19.1. The first-order valence-electron chi connectivity index (χ1n) is 8.46. The van der Waals surface area contributed by atoms with Crippen molar-refractivity contribution in [3.05, 3.63) is 63.2 Å². The molecule has 0 bridgehead atoms. The van der Waals surface area contributed by atoms with Crippen molar-refractivity contribution in [2.45, 2.75) is 32.5 Å². The van der Waals surface area contributed by atoms with E-state index in [0.717, 1.165) is 18.2 Å². The molecule has 1 amide bonds. The van der Waals surface area contributed by atoms with Gasteiger partial charge in [-0.15, -0.1) is 0 Å². The van der Waals surface area contributed by atoms with Gasteiger partial charge in [-0.1, -0.05) is 0 Å². The molecular weight excluding hydrogens is 360 g/mol. The Morgan fingerprint density at radius 1 is 1.22 bits per heavy atom. The van der Waals surface area contributed by atoms with Gasteiger partial charge in [-0.25, -0.2) is 13.6 Å². The average molecular weight is 379 g/mol. The molecule has 0 radical (unpaired) electrons.